The highest BCUT2D eigenvalue weighted by atomic mass is 79.9. The summed E-state index contributed by atoms with van der Waals surface area (Å²) in [6.07, 6.45) is 5.22. The predicted octanol–water partition coefficient (Wildman–Crippen LogP) is 4.88. The van der Waals surface area contributed by atoms with Crippen molar-refractivity contribution < 1.29 is 4.74 Å². The molecule has 2 aromatic rings. The lowest BCUT2D eigenvalue weighted by Crippen LogP contribution is -2.18. The molecule has 1 N–H and O–H groups in total. The molecule has 2 unspecified atom stereocenters. The maximum Gasteiger partial charge on any atom is 0.0576 e. The zero-order chi connectivity index (χ0) is 13.9. The standard InChI is InChI=1S/C16H20BrNOS/c1-18-15(8-7-11-4-3-9-19-11)13-10-20-16-12(13)5-2-6-14(16)17/h2,5-6,10-11,15,18H,3-4,7-9H2,1H3. The van der Waals surface area contributed by atoms with Crippen molar-refractivity contribution in [2.75, 3.05) is 13.7 Å². The molecule has 20 heavy (non-hydrogen) atoms. The van der Waals surface area contributed by atoms with Gasteiger partial charge in [-0.1, -0.05) is 12.1 Å². The lowest BCUT2D eigenvalue weighted by molar-refractivity contribution is 0.0999. The monoisotopic (exact) mass is 353 g/mol. The van der Waals surface area contributed by atoms with Crippen LogP contribution in [-0.4, -0.2) is 19.8 Å². The van der Waals surface area contributed by atoms with Crippen LogP contribution in [0.25, 0.3) is 10.1 Å². The summed E-state index contributed by atoms with van der Waals surface area (Å²) < 4.78 is 8.28. The first kappa shape index (κ1) is 14.5. The number of halogens is 1. The summed E-state index contributed by atoms with van der Waals surface area (Å²) in [5.41, 5.74) is 1.42. The Morgan fingerprint density at radius 2 is 2.40 bits per heavy atom. The highest BCUT2D eigenvalue weighted by Gasteiger charge is 2.20. The predicted molar refractivity (Wildman–Crippen MR) is 89.5 cm³/mol. The van der Waals surface area contributed by atoms with Crippen LogP contribution in [0.1, 0.15) is 37.3 Å². The van der Waals surface area contributed by atoms with Crippen molar-refractivity contribution in [3.05, 3.63) is 33.6 Å². The third-order valence-electron chi connectivity index (χ3n) is 4.11. The van der Waals surface area contributed by atoms with Gasteiger partial charge in [0.25, 0.3) is 0 Å². The van der Waals surface area contributed by atoms with Crippen LogP contribution in [0, 0.1) is 0 Å². The number of thiophene rings is 1. The molecule has 4 heteroatoms. The van der Waals surface area contributed by atoms with Gasteiger partial charge in [0, 0.05) is 21.8 Å². The summed E-state index contributed by atoms with van der Waals surface area (Å²) in [5, 5.41) is 7.14. The van der Waals surface area contributed by atoms with Gasteiger partial charge >= 0.3 is 0 Å². The average molecular weight is 354 g/mol. The molecule has 0 bridgehead atoms. The normalized spacial score (nSPS) is 20.6. The zero-order valence-corrected chi connectivity index (χ0v) is 14.1. The van der Waals surface area contributed by atoms with Crippen LogP contribution in [0.3, 0.4) is 0 Å². The van der Waals surface area contributed by atoms with Gasteiger partial charge in [0.2, 0.25) is 0 Å². The van der Waals surface area contributed by atoms with E-state index in [4.69, 9.17) is 4.74 Å². The summed E-state index contributed by atoms with van der Waals surface area (Å²) in [5.74, 6) is 0. The third kappa shape index (κ3) is 2.93. The quantitative estimate of drug-likeness (QED) is 0.826. The number of benzene rings is 1. The van der Waals surface area contributed by atoms with E-state index in [0.29, 0.717) is 12.1 Å². The summed E-state index contributed by atoms with van der Waals surface area (Å²) in [6, 6.07) is 6.88. The molecule has 1 saturated heterocycles. The molecule has 1 aliphatic rings. The minimum Gasteiger partial charge on any atom is -0.378 e. The fraction of sp³-hybridized carbons (Fsp3) is 0.500. The second kappa shape index (κ2) is 6.56. The summed E-state index contributed by atoms with van der Waals surface area (Å²) >= 11 is 5.47. The molecule has 1 aromatic heterocycles. The van der Waals surface area contributed by atoms with Crippen molar-refractivity contribution in [3.8, 4) is 0 Å². The number of ether oxygens (including phenoxy) is 1. The van der Waals surface area contributed by atoms with Gasteiger partial charge in [-0.15, -0.1) is 11.3 Å². The molecule has 1 fully saturated rings. The molecule has 2 nitrogen and oxygen atoms in total. The number of hydrogen-bond acceptors (Lipinski definition) is 3. The van der Waals surface area contributed by atoms with E-state index in [2.05, 4.69) is 51.9 Å². The van der Waals surface area contributed by atoms with Gasteiger partial charge in [-0.2, -0.15) is 0 Å². The summed E-state index contributed by atoms with van der Waals surface area (Å²) in [4.78, 5) is 0. The van der Waals surface area contributed by atoms with Crippen molar-refractivity contribution in [2.24, 2.45) is 0 Å². The fourth-order valence-corrected chi connectivity index (χ4v) is 4.67. The van der Waals surface area contributed by atoms with Crippen LogP contribution in [0.5, 0.6) is 0 Å². The molecule has 0 radical (unpaired) electrons. The summed E-state index contributed by atoms with van der Waals surface area (Å²) in [7, 11) is 2.06. The van der Waals surface area contributed by atoms with Crippen LogP contribution in [-0.2, 0) is 4.74 Å². The van der Waals surface area contributed by atoms with E-state index in [1.165, 1.54) is 33.0 Å². The molecule has 0 aliphatic carbocycles. The SMILES string of the molecule is CNC(CCC1CCCO1)c1csc2c(Br)cccc12. The second-order valence-electron chi connectivity index (χ2n) is 5.36. The largest absolute Gasteiger partial charge is 0.378 e. The lowest BCUT2D eigenvalue weighted by atomic mass is 9.99. The van der Waals surface area contributed by atoms with E-state index in [0.717, 1.165) is 19.4 Å². The molecule has 0 amide bonds. The third-order valence-corrected chi connectivity index (χ3v) is 6.08. The van der Waals surface area contributed by atoms with Gasteiger partial charge in [-0.3, -0.25) is 0 Å². The first-order valence-corrected chi connectivity index (χ1v) is 8.91. The molecule has 3 rings (SSSR count). The Hall–Kier alpha value is -0.420. The Bertz CT molecular complexity index is 577. The Morgan fingerprint density at radius 3 is 3.15 bits per heavy atom. The molecular weight excluding hydrogens is 334 g/mol. The molecule has 108 valence electrons. The van der Waals surface area contributed by atoms with E-state index < -0.39 is 0 Å². The van der Waals surface area contributed by atoms with Crippen LogP contribution in [0.4, 0.5) is 0 Å². The zero-order valence-electron chi connectivity index (χ0n) is 11.7. The topological polar surface area (TPSA) is 21.3 Å². The highest BCUT2D eigenvalue weighted by Crippen LogP contribution is 2.36. The Kier molecular flexibility index (Phi) is 4.76. The van der Waals surface area contributed by atoms with Crippen LogP contribution in [0.2, 0.25) is 0 Å². The van der Waals surface area contributed by atoms with E-state index >= 15 is 0 Å². The summed E-state index contributed by atoms with van der Waals surface area (Å²) in [6.45, 7) is 0.948. The lowest BCUT2D eigenvalue weighted by Gasteiger charge is -2.18. The van der Waals surface area contributed by atoms with E-state index in [9.17, 15) is 0 Å². The maximum atomic E-state index is 5.74. The smallest absolute Gasteiger partial charge is 0.0576 e. The van der Waals surface area contributed by atoms with Crippen molar-refractivity contribution in [1.29, 1.82) is 0 Å². The number of fused-ring (bicyclic) bond motifs is 1. The molecule has 1 aliphatic heterocycles. The van der Waals surface area contributed by atoms with Crippen molar-refractivity contribution in [2.45, 2.75) is 37.8 Å². The second-order valence-corrected chi connectivity index (χ2v) is 7.10. The van der Waals surface area contributed by atoms with Gasteiger partial charge in [0.05, 0.1) is 6.10 Å². The highest BCUT2D eigenvalue weighted by molar-refractivity contribution is 9.10. The molecule has 2 heterocycles. The van der Waals surface area contributed by atoms with Gasteiger partial charge in [0.15, 0.2) is 0 Å². The van der Waals surface area contributed by atoms with Gasteiger partial charge in [0.1, 0.15) is 0 Å². The van der Waals surface area contributed by atoms with Crippen LogP contribution >= 0.6 is 27.3 Å². The molecular formula is C16H20BrNOS. The fourth-order valence-electron chi connectivity index (χ4n) is 2.99. The molecule has 2 atom stereocenters. The Morgan fingerprint density at radius 1 is 1.50 bits per heavy atom. The Labute approximate surface area is 132 Å². The van der Waals surface area contributed by atoms with E-state index in [1.807, 2.05) is 11.3 Å². The van der Waals surface area contributed by atoms with Crippen molar-refractivity contribution >= 4 is 37.4 Å². The maximum absolute atomic E-state index is 5.74. The van der Waals surface area contributed by atoms with Crippen molar-refractivity contribution in [1.82, 2.24) is 5.32 Å². The number of rotatable bonds is 5. The van der Waals surface area contributed by atoms with Crippen LogP contribution in [0.15, 0.2) is 28.1 Å². The first-order chi connectivity index (χ1) is 9.79. The number of nitrogens with one attached hydrogen (secondary N) is 1. The van der Waals surface area contributed by atoms with Crippen molar-refractivity contribution in [3.63, 3.8) is 0 Å². The van der Waals surface area contributed by atoms with Gasteiger partial charge in [-0.25, -0.2) is 0 Å². The molecule has 0 spiro atoms. The van der Waals surface area contributed by atoms with Gasteiger partial charge in [-0.05, 0) is 71.1 Å². The average Bonchev–Trinajstić information content (AvgIpc) is 3.10. The minimum atomic E-state index is 0.419. The number of hydrogen-bond donors (Lipinski definition) is 1. The first-order valence-electron chi connectivity index (χ1n) is 7.24. The van der Waals surface area contributed by atoms with Gasteiger partial charge < -0.3 is 10.1 Å². The van der Waals surface area contributed by atoms with Crippen LogP contribution < -0.4 is 5.32 Å². The molecule has 1 aromatic carbocycles. The van der Waals surface area contributed by atoms with E-state index in [1.54, 1.807) is 0 Å². The molecule has 0 saturated carbocycles. The minimum absolute atomic E-state index is 0.419. The Balaban J connectivity index is 1.78. The van der Waals surface area contributed by atoms with E-state index in [-0.39, 0.29) is 0 Å².